The van der Waals surface area contributed by atoms with Crippen LogP contribution < -0.4 is 9.64 Å². The van der Waals surface area contributed by atoms with E-state index in [0.717, 1.165) is 9.17 Å². The van der Waals surface area contributed by atoms with Crippen LogP contribution in [-0.4, -0.2) is 28.4 Å². The van der Waals surface area contributed by atoms with Crippen LogP contribution in [0.2, 0.25) is 0 Å². The van der Waals surface area contributed by atoms with Gasteiger partial charge in [0.2, 0.25) is 5.78 Å². The van der Waals surface area contributed by atoms with Gasteiger partial charge in [0.15, 0.2) is 10.9 Å². The first kappa shape index (κ1) is 21.8. The second kappa shape index (κ2) is 8.74. The number of amides is 1. The molecule has 0 fully saturated rings. The Bertz CT molecular complexity index is 1410. The van der Waals surface area contributed by atoms with Crippen LogP contribution in [0.5, 0.6) is 5.75 Å². The lowest BCUT2D eigenvalue weighted by atomic mass is 9.96. The SMILES string of the molecule is CCOc1ccc2nc(N3C(=O)C(O)=C(C(=O)c4cccs4)[C@H]3c3cccc(Br)c3)sc2c1. The summed E-state index contributed by atoms with van der Waals surface area (Å²) in [4.78, 5) is 33.2. The minimum absolute atomic E-state index is 0.0508. The van der Waals surface area contributed by atoms with Crippen LogP contribution in [0.25, 0.3) is 10.2 Å². The number of halogens is 1. The smallest absolute Gasteiger partial charge is 0.296 e. The fraction of sp³-hybridized carbons (Fsp3) is 0.125. The Morgan fingerprint density at radius 2 is 2.06 bits per heavy atom. The third kappa shape index (κ3) is 3.86. The molecule has 1 atom stereocenters. The number of carbonyl (C=O) groups is 2. The third-order valence-corrected chi connectivity index (χ3v) is 7.61. The predicted octanol–water partition coefficient (Wildman–Crippen LogP) is 6.30. The summed E-state index contributed by atoms with van der Waals surface area (Å²) in [5, 5.41) is 13.1. The molecular weight excluding hydrogens is 524 g/mol. The number of nitrogens with zero attached hydrogens (tertiary/aromatic N) is 2. The maximum Gasteiger partial charge on any atom is 0.296 e. The Balaban J connectivity index is 1.65. The highest BCUT2D eigenvalue weighted by atomic mass is 79.9. The number of hydrogen-bond acceptors (Lipinski definition) is 7. The summed E-state index contributed by atoms with van der Waals surface area (Å²) in [6.07, 6.45) is 0. The number of ether oxygens (including phenoxy) is 1. The molecule has 6 nitrogen and oxygen atoms in total. The summed E-state index contributed by atoms with van der Waals surface area (Å²) in [5.74, 6) is -0.856. The molecule has 1 aliphatic rings. The van der Waals surface area contributed by atoms with Gasteiger partial charge in [-0.3, -0.25) is 14.5 Å². The fourth-order valence-corrected chi connectivity index (χ4v) is 5.93. The van der Waals surface area contributed by atoms with Crippen LogP contribution in [-0.2, 0) is 4.79 Å². The minimum Gasteiger partial charge on any atom is -0.503 e. The zero-order valence-corrected chi connectivity index (χ0v) is 20.5. The quantitative estimate of drug-likeness (QED) is 0.290. The summed E-state index contributed by atoms with van der Waals surface area (Å²) in [7, 11) is 0. The number of thiophene rings is 1. The van der Waals surface area contributed by atoms with Gasteiger partial charge in [-0.2, -0.15) is 0 Å². The molecule has 2 aromatic heterocycles. The number of anilines is 1. The molecule has 3 heterocycles. The lowest BCUT2D eigenvalue weighted by Gasteiger charge is -2.24. The highest BCUT2D eigenvalue weighted by Crippen LogP contribution is 2.45. The molecule has 0 bridgehead atoms. The average Bonchev–Trinajstić information content (AvgIpc) is 3.52. The van der Waals surface area contributed by atoms with E-state index in [2.05, 4.69) is 20.9 Å². The number of thiazole rings is 1. The van der Waals surface area contributed by atoms with Crippen molar-refractivity contribution in [1.82, 2.24) is 4.98 Å². The van der Waals surface area contributed by atoms with Crippen LogP contribution in [0, 0.1) is 0 Å². The van der Waals surface area contributed by atoms with E-state index in [1.165, 1.54) is 27.6 Å². The monoisotopic (exact) mass is 540 g/mol. The van der Waals surface area contributed by atoms with E-state index < -0.39 is 17.7 Å². The second-order valence-electron chi connectivity index (χ2n) is 7.26. The Hall–Kier alpha value is -3.01. The average molecular weight is 541 g/mol. The summed E-state index contributed by atoms with van der Waals surface area (Å²) in [6.45, 7) is 2.45. The van der Waals surface area contributed by atoms with Crippen LogP contribution in [0.15, 0.2) is 75.8 Å². The van der Waals surface area contributed by atoms with Gasteiger partial charge >= 0.3 is 0 Å². The molecule has 5 rings (SSSR count). The van der Waals surface area contributed by atoms with Gasteiger partial charge in [0.05, 0.1) is 33.3 Å². The Morgan fingerprint density at radius 1 is 1.21 bits per heavy atom. The molecule has 33 heavy (non-hydrogen) atoms. The van der Waals surface area contributed by atoms with E-state index in [4.69, 9.17) is 4.74 Å². The molecule has 9 heteroatoms. The van der Waals surface area contributed by atoms with E-state index in [-0.39, 0.29) is 11.4 Å². The zero-order valence-electron chi connectivity index (χ0n) is 17.3. The first-order valence-electron chi connectivity index (χ1n) is 10.1. The van der Waals surface area contributed by atoms with Crippen molar-refractivity contribution in [3.05, 3.63) is 86.2 Å². The first-order valence-corrected chi connectivity index (χ1v) is 12.6. The summed E-state index contributed by atoms with van der Waals surface area (Å²) < 4.78 is 7.22. The molecule has 0 saturated heterocycles. The number of Topliss-reactive ketones (excluding diaryl/α,β-unsaturated/α-hetero) is 1. The van der Waals surface area contributed by atoms with E-state index >= 15 is 0 Å². The van der Waals surface area contributed by atoms with Crippen molar-refractivity contribution in [1.29, 1.82) is 0 Å². The Labute approximate surface area is 205 Å². The molecule has 0 unspecified atom stereocenters. The number of hydrogen-bond donors (Lipinski definition) is 1. The first-order chi connectivity index (χ1) is 16.0. The molecule has 0 saturated carbocycles. The fourth-order valence-electron chi connectivity index (χ4n) is 3.82. The summed E-state index contributed by atoms with van der Waals surface area (Å²) in [5.41, 5.74) is 1.45. The number of fused-ring (bicyclic) bond motifs is 1. The lowest BCUT2D eigenvalue weighted by molar-refractivity contribution is -0.117. The van der Waals surface area contributed by atoms with Gasteiger partial charge in [-0.25, -0.2) is 4.98 Å². The minimum atomic E-state index is -0.809. The van der Waals surface area contributed by atoms with E-state index in [0.29, 0.717) is 33.4 Å². The van der Waals surface area contributed by atoms with Crippen molar-refractivity contribution in [3.63, 3.8) is 0 Å². The molecule has 1 aliphatic heterocycles. The lowest BCUT2D eigenvalue weighted by Crippen LogP contribution is -2.30. The van der Waals surface area contributed by atoms with Gasteiger partial charge in [-0.05, 0) is 54.3 Å². The highest BCUT2D eigenvalue weighted by Gasteiger charge is 2.46. The van der Waals surface area contributed by atoms with Crippen molar-refractivity contribution in [3.8, 4) is 5.75 Å². The van der Waals surface area contributed by atoms with Gasteiger partial charge in [0.25, 0.3) is 5.91 Å². The van der Waals surface area contributed by atoms with Gasteiger partial charge < -0.3 is 9.84 Å². The molecule has 4 aromatic rings. The van der Waals surface area contributed by atoms with Crippen molar-refractivity contribution in [2.45, 2.75) is 13.0 Å². The maximum absolute atomic E-state index is 13.4. The summed E-state index contributed by atoms with van der Waals surface area (Å²) >= 11 is 6.05. The highest BCUT2D eigenvalue weighted by molar-refractivity contribution is 9.10. The van der Waals surface area contributed by atoms with Crippen LogP contribution in [0.4, 0.5) is 5.13 Å². The van der Waals surface area contributed by atoms with E-state index in [9.17, 15) is 14.7 Å². The maximum atomic E-state index is 13.4. The number of carbonyl (C=O) groups excluding carboxylic acids is 2. The van der Waals surface area contributed by atoms with Crippen molar-refractivity contribution >= 4 is 65.6 Å². The molecule has 2 aromatic carbocycles. The molecule has 1 amide bonds. The molecule has 166 valence electrons. The molecule has 0 aliphatic carbocycles. The molecule has 0 radical (unpaired) electrons. The van der Waals surface area contributed by atoms with Gasteiger partial charge in [-0.1, -0.05) is 45.5 Å². The summed E-state index contributed by atoms with van der Waals surface area (Å²) in [6, 6.07) is 15.5. The topological polar surface area (TPSA) is 79.7 Å². The largest absolute Gasteiger partial charge is 0.503 e. The van der Waals surface area contributed by atoms with Gasteiger partial charge in [0.1, 0.15) is 5.75 Å². The number of ketones is 1. The number of benzene rings is 2. The Morgan fingerprint density at radius 3 is 2.79 bits per heavy atom. The second-order valence-corrected chi connectivity index (χ2v) is 10.1. The van der Waals surface area contributed by atoms with E-state index in [1.54, 1.807) is 17.5 Å². The van der Waals surface area contributed by atoms with Crippen LogP contribution in [0.1, 0.15) is 28.2 Å². The van der Waals surface area contributed by atoms with E-state index in [1.807, 2.05) is 49.4 Å². The molecular formula is C24H17BrN2O4S2. The number of rotatable bonds is 6. The van der Waals surface area contributed by atoms with Crippen LogP contribution >= 0.6 is 38.6 Å². The number of aliphatic hydroxyl groups excluding tert-OH is 1. The zero-order chi connectivity index (χ0) is 23.1. The number of aliphatic hydroxyl groups is 1. The van der Waals surface area contributed by atoms with Gasteiger partial charge in [0, 0.05) is 4.47 Å². The van der Waals surface area contributed by atoms with Crippen molar-refractivity contribution in [2.75, 3.05) is 11.5 Å². The molecule has 1 N–H and O–H groups in total. The van der Waals surface area contributed by atoms with Crippen molar-refractivity contribution < 1.29 is 19.4 Å². The number of aromatic nitrogens is 1. The Kier molecular flexibility index (Phi) is 5.77. The van der Waals surface area contributed by atoms with Crippen molar-refractivity contribution in [2.24, 2.45) is 0 Å². The third-order valence-electron chi connectivity index (χ3n) is 5.23. The van der Waals surface area contributed by atoms with Gasteiger partial charge in [-0.15, -0.1) is 11.3 Å². The predicted molar refractivity (Wildman–Crippen MR) is 133 cm³/mol. The molecule has 0 spiro atoms. The standard InChI is InChI=1S/C24H17BrN2O4S2/c1-2-31-15-8-9-16-18(12-15)33-24(26-16)27-20(13-5-3-6-14(25)11-13)19(22(29)23(27)30)21(28)17-7-4-10-32-17/h3-12,20,29H,2H2,1H3/t20-/m1/s1. The van der Waals surface area contributed by atoms with Crippen LogP contribution in [0.3, 0.4) is 0 Å². The normalized spacial score (nSPS) is 16.1.